The van der Waals surface area contributed by atoms with Gasteiger partial charge in [0.15, 0.2) is 0 Å². The molecular weight excluding hydrogens is 300 g/mol. The van der Waals surface area contributed by atoms with Crippen LogP contribution in [0.4, 0.5) is 5.69 Å². The summed E-state index contributed by atoms with van der Waals surface area (Å²) in [6.07, 6.45) is 0. The van der Waals surface area contributed by atoms with Gasteiger partial charge in [-0.1, -0.05) is 47.5 Å². The highest BCUT2D eigenvalue weighted by Gasteiger charge is 2.14. The number of hydrogen-bond acceptors (Lipinski definition) is 2. The van der Waals surface area contributed by atoms with Crippen molar-refractivity contribution in [3.63, 3.8) is 0 Å². The fraction of sp³-hybridized carbons (Fsp3) is 0.176. The quantitative estimate of drug-likeness (QED) is 0.854. The maximum Gasteiger partial charge on any atom is 0.313 e. The lowest BCUT2D eigenvalue weighted by molar-refractivity contribution is -0.136. The summed E-state index contributed by atoms with van der Waals surface area (Å²) in [4.78, 5) is 23.7. The maximum absolute atomic E-state index is 11.9. The molecule has 0 fully saturated rings. The summed E-state index contributed by atoms with van der Waals surface area (Å²) in [5.74, 6) is -1.39. The van der Waals surface area contributed by atoms with E-state index in [-0.39, 0.29) is 0 Å². The van der Waals surface area contributed by atoms with Gasteiger partial charge in [-0.2, -0.15) is 0 Å². The van der Waals surface area contributed by atoms with Crippen molar-refractivity contribution in [2.45, 2.75) is 20.4 Å². The second-order valence-electron chi connectivity index (χ2n) is 5.08. The molecule has 2 N–H and O–H groups in total. The molecular formula is C17H17ClN2O2. The zero-order chi connectivity index (χ0) is 16.1. The van der Waals surface area contributed by atoms with Crippen molar-refractivity contribution in [1.82, 2.24) is 5.32 Å². The van der Waals surface area contributed by atoms with Crippen LogP contribution in [-0.2, 0) is 16.1 Å². The van der Waals surface area contributed by atoms with E-state index in [1.165, 1.54) is 0 Å². The Labute approximate surface area is 134 Å². The van der Waals surface area contributed by atoms with Gasteiger partial charge in [-0.15, -0.1) is 0 Å². The SMILES string of the molecule is Cc1ccc(CNC(=O)C(=O)Nc2cc(Cl)ccc2C)cc1. The summed E-state index contributed by atoms with van der Waals surface area (Å²) in [7, 11) is 0. The lowest BCUT2D eigenvalue weighted by Crippen LogP contribution is -2.35. The third-order valence-electron chi connectivity index (χ3n) is 3.23. The average Bonchev–Trinajstić information content (AvgIpc) is 2.50. The Morgan fingerprint density at radius 2 is 1.68 bits per heavy atom. The monoisotopic (exact) mass is 316 g/mol. The predicted molar refractivity (Wildman–Crippen MR) is 87.8 cm³/mol. The Hall–Kier alpha value is -2.33. The van der Waals surface area contributed by atoms with Crippen LogP contribution in [-0.4, -0.2) is 11.8 Å². The van der Waals surface area contributed by atoms with Crippen molar-refractivity contribution in [3.8, 4) is 0 Å². The van der Waals surface area contributed by atoms with Crippen molar-refractivity contribution < 1.29 is 9.59 Å². The number of hydrogen-bond donors (Lipinski definition) is 2. The summed E-state index contributed by atoms with van der Waals surface area (Å²) in [5.41, 5.74) is 3.45. The summed E-state index contributed by atoms with van der Waals surface area (Å²) >= 11 is 5.88. The van der Waals surface area contributed by atoms with Crippen LogP contribution in [0.3, 0.4) is 0 Å². The molecule has 0 aliphatic rings. The summed E-state index contributed by atoms with van der Waals surface area (Å²) in [5, 5.41) is 5.65. The second-order valence-corrected chi connectivity index (χ2v) is 5.52. The summed E-state index contributed by atoms with van der Waals surface area (Å²) in [6, 6.07) is 12.9. The number of rotatable bonds is 3. The molecule has 22 heavy (non-hydrogen) atoms. The number of carbonyl (C=O) groups excluding carboxylic acids is 2. The minimum absolute atomic E-state index is 0.307. The van der Waals surface area contributed by atoms with Gasteiger partial charge < -0.3 is 10.6 Å². The van der Waals surface area contributed by atoms with E-state index in [9.17, 15) is 9.59 Å². The molecule has 0 radical (unpaired) electrons. The second kappa shape index (κ2) is 7.09. The lowest BCUT2D eigenvalue weighted by Gasteiger charge is -2.09. The molecule has 0 aliphatic carbocycles. The molecule has 0 spiro atoms. The Bertz CT molecular complexity index is 696. The van der Waals surface area contributed by atoms with E-state index in [1.807, 2.05) is 38.1 Å². The zero-order valence-corrected chi connectivity index (χ0v) is 13.2. The summed E-state index contributed by atoms with van der Waals surface area (Å²) < 4.78 is 0. The van der Waals surface area contributed by atoms with Crippen LogP contribution in [0.5, 0.6) is 0 Å². The topological polar surface area (TPSA) is 58.2 Å². The van der Waals surface area contributed by atoms with Gasteiger partial charge in [0.1, 0.15) is 0 Å². The molecule has 2 rings (SSSR count). The molecule has 0 atom stereocenters. The zero-order valence-electron chi connectivity index (χ0n) is 12.4. The number of halogens is 1. The van der Waals surface area contributed by atoms with E-state index in [0.717, 1.165) is 16.7 Å². The van der Waals surface area contributed by atoms with Gasteiger partial charge in [-0.25, -0.2) is 0 Å². The highest BCUT2D eigenvalue weighted by Crippen LogP contribution is 2.19. The van der Waals surface area contributed by atoms with Crippen molar-refractivity contribution in [1.29, 1.82) is 0 Å². The Morgan fingerprint density at radius 1 is 1.00 bits per heavy atom. The number of carbonyl (C=O) groups is 2. The van der Waals surface area contributed by atoms with Crippen LogP contribution in [0.1, 0.15) is 16.7 Å². The Kier molecular flexibility index (Phi) is 5.17. The Morgan fingerprint density at radius 3 is 2.36 bits per heavy atom. The molecule has 2 amide bonds. The molecule has 114 valence electrons. The molecule has 0 bridgehead atoms. The minimum atomic E-state index is -0.711. The van der Waals surface area contributed by atoms with Crippen LogP contribution in [0.2, 0.25) is 5.02 Å². The molecule has 0 aliphatic heterocycles. The summed E-state index contributed by atoms with van der Waals surface area (Å²) in [6.45, 7) is 4.13. The first-order valence-electron chi connectivity index (χ1n) is 6.86. The lowest BCUT2D eigenvalue weighted by atomic mass is 10.1. The first-order chi connectivity index (χ1) is 10.5. The Balaban J connectivity index is 1.93. The van der Waals surface area contributed by atoms with E-state index in [4.69, 9.17) is 11.6 Å². The average molecular weight is 317 g/mol. The van der Waals surface area contributed by atoms with Gasteiger partial charge in [0.2, 0.25) is 0 Å². The van der Waals surface area contributed by atoms with Crippen molar-refractivity contribution >= 4 is 29.1 Å². The van der Waals surface area contributed by atoms with Crippen molar-refractivity contribution in [2.24, 2.45) is 0 Å². The molecule has 0 unspecified atom stereocenters. The molecule has 4 nitrogen and oxygen atoms in total. The van der Waals surface area contributed by atoms with Crippen molar-refractivity contribution in [2.75, 3.05) is 5.32 Å². The maximum atomic E-state index is 11.9. The molecule has 0 aromatic heterocycles. The highest BCUT2D eigenvalue weighted by atomic mass is 35.5. The molecule has 0 saturated heterocycles. The van der Waals surface area contributed by atoms with Gasteiger partial charge in [0.25, 0.3) is 0 Å². The highest BCUT2D eigenvalue weighted by molar-refractivity contribution is 6.40. The van der Waals surface area contributed by atoms with Crippen molar-refractivity contribution in [3.05, 3.63) is 64.2 Å². The first kappa shape index (κ1) is 16.0. The van der Waals surface area contributed by atoms with Gasteiger partial charge in [-0.3, -0.25) is 9.59 Å². The molecule has 2 aromatic rings. The van der Waals surface area contributed by atoms with Crippen LogP contribution >= 0.6 is 11.6 Å². The van der Waals surface area contributed by atoms with E-state index in [1.54, 1.807) is 18.2 Å². The number of aryl methyl sites for hydroxylation is 2. The normalized spacial score (nSPS) is 10.1. The minimum Gasteiger partial charge on any atom is -0.344 e. The molecule has 0 heterocycles. The standard InChI is InChI=1S/C17H17ClN2O2/c1-11-3-6-13(7-4-11)10-19-16(21)17(22)20-15-9-14(18)8-5-12(15)2/h3-9H,10H2,1-2H3,(H,19,21)(H,20,22). The molecule has 0 saturated carbocycles. The van der Waals surface area contributed by atoms with Crippen LogP contribution in [0.25, 0.3) is 0 Å². The van der Waals surface area contributed by atoms with Crippen LogP contribution in [0.15, 0.2) is 42.5 Å². The van der Waals surface area contributed by atoms with Gasteiger partial charge >= 0.3 is 11.8 Å². The third-order valence-corrected chi connectivity index (χ3v) is 3.46. The number of benzene rings is 2. The third kappa shape index (κ3) is 4.33. The molecule has 2 aromatic carbocycles. The van der Waals surface area contributed by atoms with E-state index in [2.05, 4.69) is 10.6 Å². The van der Waals surface area contributed by atoms with Crippen LogP contribution < -0.4 is 10.6 Å². The van der Waals surface area contributed by atoms with E-state index >= 15 is 0 Å². The number of nitrogens with one attached hydrogen (secondary N) is 2. The number of anilines is 1. The first-order valence-corrected chi connectivity index (χ1v) is 7.24. The predicted octanol–water partition coefficient (Wildman–Crippen LogP) is 3.21. The smallest absolute Gasteiger partial charge is 0.313 e. The van der Waals surface area contributed by atoms with Crippen LogP contribution in [0, 0.1) is 13.8 Å². The van der Waals surface area contributed by atoms with Gasteiger partial charge in [0.05, 0.1) is 0 Å². The van der Waals surface area contributed by atoms with E-state index in [0.29, 0.717) is 17.3 Å². The van der Waals surface area contributed by atoms with E-state index < -0.39 is 11.8 Å². The number of amides is 2. The largest absolute Gasteiger partial charge is 0.344 e. The fourth-order valence-corrected chi connectivity index (χ4v) is 2.05. The fourth-order valence-electron chi connectivity index (χ4n) is 1.88. The molecule has 5 heteroatoms. The van der Waals surface area contributed by atoms with Gasteiger partial charge in [0, 0.05) is 17.3 Å². The van der Waals surface area contributed by atoms with Gasteiger partial charge in [-0.05, 0) is 37.1 Å².